The third-order valence-corrected chi connectivity index (χ3v) is 6.76. The first-order valence-electron chi connectivity index (χ1n) is 9.11. The van der Waals surface area contributed by atoms with E-state index >= 15 is 0 Å². The number of H-pyrrole nitrogens is 2. The van der Waals surface area contributed by atoms with Gasteiger partial charge in [0.25, 0.3) is 5.56 Å². The molecule has 1 aromatic heterocycles. The Morgan fingerprint density at radius 1 is 1.24 bits per heavy atom. The van der Waals surface area contributed by atoms with Gasteiger partial charge in [-0.05, 0) is 49.5 Å². The molecule has 1 aromatic rings. The topological polar surface area (TPSA) is 95.2 Å². The fraction of sp³-hybridized carbons (Fsp3) is 0.684. The van der Waals surface area contributed by atoms with Crippen LogP contribution in [0, 0.1) is 17.3 Å². The number of ether oxygens (including phenoxy) is 1. The Bertz CT molecular complexity index is 850. The van der Waals surface area contributed by atoms with Gasteiger partial charge in [0.1, 0.15) is 5.60 Å². The first-order valence-corrected chi connectivity index (χ1v) is 9.11. The number of allylic oxidation sites excluding steroid dienone is 1. The number of aromatic amines is 2. The Labute approximate surface area is 146 Å². The minimum Gasteiger partial charge on any atom is -0.471 e. The van der Waals surface area contributed by atoms with Gasteiger partial charge in [-0.25, -0.2) is 4.79 Å². The molecule has 2 heterocycles. The predicted octanol–water partition coefficient (Wildman–Crippen LogP) is 1.89. The molecular formula is C19H26N2O4. The largest absolute Gasteiger partial charge is 0.471 e. The summed E-state index contributed by atoms with van der Waals surface area (Å²) in [5.41, 5.74) is 0.343. The van der Waals surface area contributed by atoms with Crippen molar-refractivity contribution in [1.82, 2.24) is 9.97 Å². The molecule has 3 aliphatic rings. The highest BCUT2D eigenvalue weighted by molar-refractivity contribution is 5.33. The Balaban J connectivity index is 1.75. The van der Waals surface area contributed by atoms with Gasteiger partial charge in [0.05, 0.1) is 11.7 Å². The van der Waals surface area contributed by atoms with E-state index in [0.717, 1.165) is 18.4 Å². The second kappa shape index (κ2) is 5.34. The molecule has 0 aromatic carbocycles. The molecule has 3 N–H and O–H groups in total. The molecule has 2 aliphatic carbocycles. The van der Waals surface area contributed by atoms with Crippen molar-refractivity contribution in [1.29, 1.82) is 0 Å². The summed E-state index contributed by atoms with van der Waals surface area (Å²) in [6, 6.07) is 0. The number of nitrogens with one attached hydrogen (secondary N) is 2. The van der Waals surface area contributed by atoms with Crippen LogP contribution in [0.1, 0.15) is 52.0 Å². The highest BCUT2D eigenvalue weighted by Gasteiger charge is 2.59. The van der Waals surface area contributed by atoms with Crippen LogP contribution in [0.25, 0.3) is 0 Å². The molecule has 0 unspecified atom stereocenters. The Kier molecular flexibility index (Phi) is 3.55. The summed E-state index contributed by atoms with van der Waals surface area (Å²) >= 11 is 0. The Morgan fingerprint density at radius 2 is 2.00 bits per heavy atom. The number of rotatable bonds is 0. The zero-order chi connectivity index (χ0) is 18.0. The quantitative estimate of drug-likeness (QED) is 0.625. The van der Waals surface area contributed by atoms with Crippen LogP contribution in [-0.4, -0.2) is 26.8 Å². The number of fused-ring (bicyclic) bond motifs is 3. The monoisotopic (exact) mass is 346 g/mol. The molecule has 4 atom stereocenters. The summed E-state index contributed by atoms with van der Waals surface area (Å²) in [5, 5.41) is 10.4. The minimum absolute atomic E-state index is 0.210. The standard InChI is InChI=1S/C19H26N2O4/c1-10-4-5-12-13(9-18(12,2)3)19(7-6-14(10)22)8-11-15(23)20-17(24)21-16(11)25-19/h4,12-14,22H,5-9H2,1-3H3,(H2,20,21,23,24)/b10-4-/t12-,13+,14-,19+/m1/s1. The molecule has 1 aliphatic heterocycles. The molecular weight excluding hydrogens is 320 g/mol. The molecule has 25 heavy (non-hydrogen) atoms. The van der Waals surface area contributed by atoms with Gasteiger partial charge in [0, 0.05) is 12.3 Å². The van der Waals surface area contributed by atoms with Crippen molar-refractivity contribution in [2.75, 3.05) is 0 Å². The van der Waals surface area contributed by atoms with Crippen LogP contribution in [0.4, 0.5) is 0 Å². The molecule has 1 saturated carbocycles. The van der Waals surface area contributed by atoms with Gasteiger partial charge in [-0.15, -0.1) is 0 Å². The predicted molar refractivity (Wildman–Crippen MR) is 93.7 cm³/mol. The van der Waals surface area contributed by atoms with Crippen molar-refractivity contribution in [3.8, 4) is 5.88 Å². The van der Waals surface area contributed by atoms with Crippen molar-refractivity contribution in [3.63, 3.8) is 0 Å². The second-order valence-electron chi connectivity index (χ2n) is 8.70. The smallest absolute Gasteiger partial charge is 0.328 e. The van der Waals surface area contributed by atoms with Crippen LogP contribution in [0.5, 0.6) is 5.88 Å². The van der Waals surface area contributed by atoms with E-state index in [4.69, 9.17) is 4.74 Å². The van der Waals surface area contributed by atoms with Crippen LogP contribution < -0.4 is 16.0 Å². The lowest BCUT2D eigenvalue weighted by Crippen LogP contribution is -2.58. The fourth-order valence-electron chi connectivity index (χ4n) is 5.15. The third-order valence-electron chi connectivity index (χ3n) is 6.76. The molecule has 6 nitrogen and oxygen atoms in total. The second-order valence-corrected chi connectivity index (χ2v) is 8.70. The van der Waals surface area contributed by atoms with Gasteiger partial charge in [-0.1, -0.05) is 19.9 Å². The van der Waals surface area contributed by atoms with Gasteiger partial charge in [-0.2, -0.15) is 0 Å². The molecule has 0 bridgehead atoms. The average Bonchev–Trinajstić information content (AvgIpc) is 2.90. The summed E-state index contributed by atoms with van der Waals surface area (Å²) in [4.78, 5) is 28.8. The summed E-state index contributed by atoms with van der Waals surface area (Å²) < 4.78 is 6.29. The van der Waals surface area contributed by atoms with Crippen LogP contribution in [-0.2, 0) is 6.42 Å². The van der Waals surface area contributed by atoms with Crippen molar-refractivity contribution in [3.05, 3.63) is 38.1 Å². The molecule has 136 valence electrons. The van der Waals surface area contributed by atoms with E-state index in [1.54, 1.807) is 0 Å². The SMILES string of the molecule is C/C1=C/C[C@@H]2[C@H](CC2(C)C)[C@]2(CC[C@H]1O)Cc1c([nH]c(=O)[nH]c1=O)O2. The van der Waals surface area contributed by atoms with Gasteiger partial charge in [0.15, 0.2) is 0 Å². The van der Waals surface area contributed by atoms with Gasteiger partial charge in [0.2, 0.25) is 5.88 Å². The number of aromatic nitrogens is 2. The van der Waals surface area contributed by atoms with E-state index in [-0.39, 0.29) is 11.0 Å². The zero-order valence-electron chi connectivity index (χ0n) is 15.0. The van der Waals surface area contributed by atoms with E-state index < -0.39 is 17.4 Å². The fourth-order valence-corrected chi connectivity index (χ4v) is 5.15. The third kappa shape index (κ3) is 2.49. The number of hydrogen-bond acceptors (Lipinski definition) is 4. The molecule has 0 radical (unpaired) electrons. The maximum atomic E-state index is 12.2. The van der Waals surface area contributed by atoms with E-state index in [1.165, 1.54) is 0 Å². The van der Waals surface area contributed by atoms with Crippen LogP contribution in [0.15, 0.2) is 21.2 Å². The van der Waals surface area contributed by atoms with Crippen molar-refractivity contribution < 1.29 is 9.84 Å². The first-order chi connectivity index (χ1) is 11.7. The van der Waals surface area contributed by atoms with E-state index in [1.807, 2.05) is 6.92 Å². The lowest BCUT2D eigenvalue weighted by molar-refractivity contribution is -0.128. The lowest BCUT2D eigenvalue weighted by Gasteiger charge is -2.57. The summed E-state index contributed by atoms with van der Waals surface area (Å²) in [7, 11) is 0. The van der Waals surface area contributed by atoms with Gasteiger partial charge in [-0.3, -0.25) is 14.8 Å². The summed E-state index contributed by atoms with van der Waals surface area (Å²) in [6.45, 7) is 6.53. The van der Waals surface area contributed by atoms with Crippen molar-refractivity contribution in [2.24, 2.45) is 17.3 Å². The highest BCUT2D eigenvalue weighted by Crippen LogP contribution is 2.60. The normalized spacial score (nSPS) is 38.2. The van der Waals surface area contributed by atoms with Gasteiger partial charge < -0.3 is 9.84 Å². The van der Waals surface area contributed by atoms with Crippen LogP contribution >= 0.6 is 0 Å². The Hall–Kier alpha value is -1.82. The van der Waals surface area contributed by atoms with Crippen molar-refractivity contribution >= 4 is 0 Å². The number of aliphatic hydroxyl groups is 1. The minimum atomic E-state index is -0.535. The lowest BCUT2D eigenvalue weighted by atomic mass is 9.49. The number of aliphatic hydroxyl groups excluding tert-OH is 1. The molecule has 0 amide bonds. The van der Waals surface area contributed by atoms with E-state index in [0.29, 0.717) is 42.5 Å². The summed E-state index contributed by atoms with van der Waals surface area (Å²) in [5.74, 6) is 1.07. The number of hydrogen-bond donors (Lipinski definition) is 3. The maximum absolute atomic E-state index is 12.2. The Morgan fingerprint density at radius 3 is 2.72 bits per heavy atom. The van der Waals surface area contributed by atoms with Crippen LogP contribution in [0.3, 0.4) is 0 Å². The molecule has 1 spiro atoms. The zero-order valence-corrected chi connectivity index (χ0v) is 15.0. The summed E-state index contributed by atoms with van der Waals surface area (Å²) in [6.07, 6.45) is 5.39. The highest BCUT2D eigenvalue weighted by atomic mass is 16.5. The van der Waals surface area contributed by atoms with E-state index in [2.05, 4.69) is 29.9 Å². The molecule has 4 rings (SSSR count). The molecule has 1 fully saturated rings. The molecule has 6 heteroatoms. The molecule has 0 saturated heterocycles. The van der Waals surface area contributed by atoms with Crippen molar-refractivity contribution in [2.45, 2.75) is 64.6 Å². The van der Waals surface area contributed by atoms with E-state index in [9.17, 15) is 14.7 Å². The maximum Gasteiger partial charge on any atom is 0.328 e. The average molecular weight is 346 g/mol. The van der Waals surface area contributed by atoms with Crippen LogP contribution in [0.2, 0.25) is 0 Å². The first kappa shape index (κ1) is 16.6. The van der Waals surface area contributed by atoms with Gasteiger partial charge >= 0.3 is 5.69 Å².